The maximum Gasteiger partial charge on any atom is 0.262 e. The van der Waals surface area contributed by atoms with E-state index in [0.29, 0.717) is 34.0 Å². The highest BCUT2D eigenvalue weighted by atomic mass is 32.2. The minimum atomic E-state index is -3.77. The van der Waals surface area contributed by atoms with Gasteiger partial charge in [-0.25, -0.2) is 8.42 Å². The highest BCUT2D eigenvalue weighted by Gasteiger charge is 2.18. The van der Waals surface area contributed by atoms with E-state index in [0.717, 1.165) is 12.0 Å². The lowest BCUT2D eigenvalue weighted by molar-refractivity contribution is -0.114. The van der Waals surface area contributed by atoms with E-state index >= 15 is 0 Å². The summed E-state index contributed by atoms with van der Waals surface area (Å²) in [5, 5.41) is 6.55. The Labute approximate surface area is 182 Å². The molecule has 2 aromatic carbocycles. The van der Waals surface area contributed by atoms with Crippen LogP contribution in [0.5, 0.6) is 0 Å². The van der Waals surface area contributed by atoms with Gasteiger partial charge < -0.3 is 9.84 Å². The molecule has 2 N–H and O–H groups in total. The number of benzene rings is 2. The van der Waals surface area contributed by atoms with Gasteiger partial charge in [-0.3, -0.25) is 9.52 Å². The number of carbonyl (C=O) groups excluding carboxylic acids is 1. The first kappa shape index (κ1) is 22.3. The summed E-state index contributed by atoms with van der Waals surface area (Å²) < 4.78 is 33.9. The molecular weight excluding hydrogens is 414 g/mol. The molecule has 31 heavy (non-hydrogen) atoms. The fourth-order valence-corrected chi connectivity index (χ4v) is 4.41. The molecule has 0 aliphatic rings. The number of nitrogens with zero attached hydrogens (tertiary/aromatic N) is 1. The van der Waals surface area contributed by atoms with Crippen molar-refractivity contribution in [2.45, 2.75) is 39.0 Å². The molecule has 3 aromatic rings. The molecule has 1 amide bonds. The molecule has 0 saturated heterocycles. The Morgan fingerprint density at radius 2 is 1.90 bits per heavy atom. The third kappa shape index (κ3) is 5.40. The van der Waals surface area contributed by atoms with Crippen molar-refractivity contribution in [3.8, 4) is 0 Å². The summed E-state index contributed by atoms with van der Waals surface area (Å²) in [6, 6.07) is 12.5. The van der Waals surface area contributed by atoms with Crippen molar-refractivity contribution in [1.29, 1.82) is 0 Å². The number of nitrogens with one attached hydrogen (secondary N) is 2. The van der Waals surface area contributed by atoms with Crippen molar-refractivity contribution < 1.29 is 17.7 Å². The maximum atomic E-state index is 13.0. The van der Waals surface area contributed by atoms with Crippen LogP contribution in [0.25, 0.3) is 12.2 Å². The molecule has 0 fully saturated rings. The number of sulfonamides is 1. The number of aryl methyl sites for hydroxylation is 3. The maximum absolute atomic E-state index is 13.0. The van der Waals surface area contributed by atoms with E-state index in [1.807, 2.05) is 31.2 Å². The summed E-state index contributed by atoms with van der Waals surface area (Å²) in [4.78, 5) is 11.6. The molecule has 3 rings (SSSR count). The van der Waals surface area contributed by atoms with Crippen molar-refractivity contribution in [1.82, 2.24) is 5.16 Å². The SMILES string of the molecule is CCc1cccc(NS(=O)(=O)c2cc(C=Cc3onc(C)c3NC(C)=O)ccc2C)c1. The lowest BCUT2D eigenvalue weighted by atomic mass is 10.1. The number of anilines is 2. The number of hydrogen-bond acceptors (Lipinski definition) is 5. The minimum Gasteiger partial charge on any atom is -0.354 e. The third-order valence-electron chi connectivity index (χ3n) is 4.71. The van der Waals surface area contributed by atoms with E-state index < -0.39 is 10.0 Å². The van der Waals surface area contributed by atoms with Gasteiger partial charge in [-0.2, -0.15) is 0 Å². The third-order valence-corrected chi connectivity index (χ3v) is 6.23. The largest absolute Gasteiger partial charge is 0.354 e. The summed E-state index contributed by atoms with van der Waals surface area (Å²) in [6.45, 7) is 6.89. The number of amides is 1. The molecule has 0 saturated carbocycles. The van der Waals surface area contributed by atoms with Crippen molar-refractivity contribution in [2.75, 3.05) is 10.0 Å². The van der Waals surface area contributed by atoms with Crippen LogP contribution in [0.1, 0.15) is 42.0 Å². The molecule has 0 atom stereocenters. The van der Waals surface area contributed by atoms with Crippen LogP contribution in [-0.2, 0) is 21.2 Å². The summed E-state index contributed by atoms with van der Waals surface area (Å²) in [6.07, 6.45) is 4.17. The number of hydrogen-bond donors (Lipinski definition) is 2. The smallest absolute Gasteiger partial charge is 0.262 e. The van der Waals surface area contributed by atoms with Gasteiger partial charge in [0.05, 0.1) is 4.90 Å². The molecule has 0 radical (unpaired) electrons. The van der Waals surface area contributed by atoms with Gasteiger partial charge in [0.25, 0.3) is 10.0 Å². The fourth-order valence-electron chi connectivity index (χ4n) is 3.08. The molecule has 8 heteroatoms. The van der Waals surface area contributed by atoms with Gasteiger partial charge in [0.15, 0.2) is 5.76 Å². The molecule has 0 unspecified atom stereocenters. The number of aromatic nitrogens is 1. The average Bonchev–Trinajstić information content (AvgIpc) is 3.06. The van der Waals surface area contributed by atoms with Gasteiger partial charge in [-0.15, -0.1) is 0 Å². The number of carbonyl (C=O) groups is 1. The van der Waals surface area contributed by atoms with E-state index in [2.05, 4.69) is 15.2 Å². The van der Waals surface area contributed by atoms with Crippen LogP contribution in [0.4, 0.5) is 11.4 Å². The second-order valence-corrected chi connectivity index (χ2v) is 8.86. The van der Waals surface area contributed by atoms with Crippen LogP contribution >= 0.6 is 0 Å². The van der Waals surface area contributed by atoms with E-state index in [-0.39, 0.29) is 10.8 Å². The second-order valence-electron chi connectivity index (χ2n) is 7.21. The van der Waals surface area contributed by atoms with E-state index in [1.165, 1.54) is 6.92 Å². The molecular formula is C23H25N3O4S. The van der Waals surface area contributed by atoms with Gasteiger partial charge in [0.1, 0.15) is 11.4 Å². The molecule has 0 aliphatic carbocycles. The van der Waals surface area contributed by atoms with E-state index in [1.54, 1.807) is 44.2 Å². The topological polar surface area (TPSA) is 101 Å². The summed E-state index contributed by atoms with van der Waals surface area (Å²) in [5.74, 6) is 0.148. The fraction of sp³-hybridized carbons (Fsp3) is 0.217. The van der Waals surface area contributed by atoms with Crippen LogP contribution in [0, 0.1) is 13.8 Å². The molecule has 162 valence electrons. The van der Waals surface area contributed by atoms with Gasteiger partial charge >= 0.3 is 0 Å². The quantitative estimate of drug-likeness (QED) is 0.551. The molecule has 1 heterocycles. The minimum absolute atomic E-state index is 0.187. The average molecular weight is 440 g/mol. The summed E-state index contributed by atoms with van der Waals surface area (Å²) >= 11 is 0. The highest BCUT2D eigenvalue weighted by Crippen LogP contribution is 2.25. The first-order chi connectivity index (χ1) is 14.7. The van der Waals surface area contributed by atoms with Crippen LogP contribution < -0.4 is 10.0 Å². The predicted octanol–water partition coefficient (Wildman–Crippen LogP) is 4.78. The Hall–Kier alpha value is -3.39. The molecule has 7 nitrogen and oxygen atoms in total. The zero-order chi connectivity index (χ0) is 22.6. The molecule has 0 spiro atoms. The Kier molecular flexibility index (Phi) is 6.60. The summed E-state index contributed by atoms with van der Waals surface area (Å²) in [7, 11) is -3.77. The van der Waals surface area contributed by atoms with E-state index in [9.17, 15) is 13.2 Å². The zero-order valence-electron chi connectivity index (χ0n) is 17.9. The first-order valence-corrected chi connectivity index (χ1v) is 11.3. The lowest BCUT2D eigenvalue weighted by Crippen LogP contribution is -2.14. The monoisotopic (exact) mass is 439 g/mol. The predicted molar refractivity (Wildman–Crippen MR) is 122 cm³/mol. The molecule has 0 bridgehead atoms. The Bertz CT molecular complexity index is 1240. The van der Waals surface area contributed by atoms with Crippen molar-refractivity contribution >= 4 is 39.5 Å². The molecule has 0 aliphatic heterocycles. The summed E-state index contributed by atoms with van der Waals surface area (Å²) in [5.41, 5.74) is 3.91. The van der Waals surface area contributed by atoms with Crippen LogP contribution in [0.15, 0.2) is 51.9 Å². The zero-order valence-corrected chi connectivity index (χ0v) is 18.7. The number of rotatable bonds is 7. The highest BCUT2D eigenvalue weighted by molar-refractivity contribution is 7.92. The Morgan fingerprint density at radius 1 is 1.13 bits per heavy atom. The van der Waals surface area contributed by atoms with Crippen molar-refractivity contribution in [3.63, 3.8) is 0 Å². The van der Waals surface area contributed by atoms with Crippen LogP contribution in [-0.4, -0.2) is 19.5 Å². The van der Waals surface area contributed by atoms with Gasteiger partial charge in [-0.1, -0.05) is 42.4 Å². The second kappa shape index (κ2) is 9.18. The van der Waals surface area contributed by atoms with Crippen molar-refractivity contribution in [3.05, 3.63) is 70.6 Å². The van der Waals surface area contributed by atoms with E-state index in [4.69, 9.17) is 4.52 Å². The van der Waals surface area contributed by atoms with Crippen molar-refractivity contribution in [2.24, 2.45) is 0 Å². The lowest BCUT2D eigenvalue weighted by Gasteiger charge is -2.12. The first-order valence-electron chi connectivity index (χ1n) is 9.84. The van der Waals surface area contributed by atoms with Crippen LogP contribution in [0.3, 0.4) is 0 Å². The Morgan fingerprint density at radius 3 is 2.61 bits per heavy atom. The van der Waals surface area contributed by atoms with Gasteiger partial charge in [-0.05, 0) is 61.2 Å². The van der Waals surface area contributed by atoms with Gasteiger partial charge in [0.2, 0.25) is 5.91 Å². The Balaban J connectivity index is 1.90. The van der Waals surface area contributed by atoms with Crippen LogP contribution in [0.2, 0.25) is 0 Å². The van der Waals surface area contributed by atoms with Gasteiger partial charge in [0, 0.05) is 12.6 Å². The normalized spacial score (nSPS) is 11.6. The molecule has 1 aromatic heterocycles. The standard InChI is InChI=1S/C23H25N3O4S/c1-5-18-7-6-8-20(13-18)26-31(28,29)22-14-19(10-9-15(22)2)11-12-21-23(24-17(4)27)16(3)25-30-21/h6-14,26H,5H2,1-4H3,(H,24,27).